The molecule has 0 aliphatic heterocycles. The summed E-state index contributed by atoms with van der Waals surface area (Å²) >= 11 is 12.0. The molecule has 1 aromatic heterocycles. The summed E-state index contributed by atoms with van der Waals surface area (Å²) in [6.45, 7) is 2.00. The first-order valence-electron chi connectivity index (χ1n) is 6.75. The van der Waals surface area contributed by atoms with Gasteiger partial charge in [0.25, 0.3) is 0 Å². The number of fused-ring (bicyclic) bond motifs is 1. The van der Waals surface area contributed by atoms with E-state index < -0.39 is 0 Å². The quantitative estimate of drug-likeness (QED) is 0.713. The van der Waals surface area contributed by atoms with Crippen molar-refractivity contribution in [2.24, 2.45) is 0 Å². The number of rotatable bonds is 3. The lowest BCUT2D eigenvalue weighted by Crippen LogP contribution is -2.14. The maximum atomic E-state index is 12.2. The van der Waals surface area contributed by atoms with E-state index in [1.807, 2.05) is 25.1 Å². The Labute approximate surface area is 137 Å². The van der Waals surface area contributed by atoms with Crippen LogP contribution < -0.4 is 5.32 Å². The maximum absolute atomic E-state index is 12.2. The summed E-state index contributed by atoms with van der Waals surface area (Å²) in [5.41, 5.74) is 3.24. The number of anilines is 1. The van der Waals surface area contributed by atoms with Crippen molar-refractivity contribution >= 4 is 45.8 Å². The fourth-order valence-corrected chi connectivity index (χ4v) is 2.64. The molecule has 0 radical (unpaired) electrons. The molecule has 1 N–H and O–H groups in total. The normalized spacial score (nSPS) is 10.9. The van der Waals surface area contributed by atoms with E-state index in [4.69, 9.17) is 27.6 Å². The molecule has 3 aromatic rings. The number of amides is 1. The van der Waals surface area contributed by atoms with Crippen LogP contribution in [0.4, 0.5) is 5.69 Å². The second kappa shape index (κ2) is 6.03. The second-order valence-corrected chi connectivity index (χ2v) is 5.87. The Morgan fingerprint density at radius 2 is 2.05 bits per heavy atom. The number of carbonyl (C=O) groups is 1. The minimum Gasteiger partial charge on any atom is -0.464 e. The van der Waals surface area contributed by atoms with E-state index in [1.165, 1.54) is 0 Å². The first-order chi connectivity index (χ1) is 10.5. The topological polar surface area (TPSA) is 42.2 Å². The molecule has 3 rings (SSSR count). The van der Waals surface area contributed by atoms with Crippen LogP contribution in [0.5, 0.6) is 0 Å². The Hall–Kier alpha value is -1.97. The molecule has 0 saturated carbocycles. The van der Waals surface area contributed by atoms with Crippen molar-refractivity contribution in [3.63, 3.8) is 0 Å². The van der Waals surface area contributed by atoms with Gasteiger partial charge >= 0.3 is 0 Å². The summed E-state index contributed by atoms with van der Waals surface area (Å²) in [4.78, 5) is 12.2. The third-order valence-corrected chi connectivity index (χ3v) is 4.21. The van der Waals surface area contributed by atoms with Crippen molar-refractivity contribution in [3.05, 3.63) is 63.8 Å². The van der Waals surface area contributed by atoms with E-state index in [1.54, 1.807) is 24.5 Å². The van der Waals surface area contributed by atoms with Gasteiger partial charge in [-0.2, -0.15) is 0 Å². The summed E-state index contributed by atoms with van der Waals surface area (Å²) in [6, 6.07) is 11.0. The number of hydrogen-bond acceptors (Lipinski definition) is 2. The van der Waals surface area contributed by atoms with E-state index in [-0.39, 0.29) is 12.3 Å². The molecule has 1 amide bonds. The van der Waals surface area contributed by atoms with Crippen LogP contribution in [0, 0.1) is 6.92 Å². The van der Waals surface area contributed by atoms with E-state index in [0.29, 0.717) is 15.7 Å². The second-order valence-electron chi connectivity index (χ2n) is 5.09. The predicted molar refractivity (Wildman–Crippen MR) is 89.7 cm³/mol. The molecule has 0 bridgehead atoms. The molecular formula is C17H13Cl2NO2. The number of carbonyl (C=O) groups excluding carboxylic acids is 1. The summed E-state index contributed by atoms with van der Waals surface area (Å²) in [5, 5.41) is 4.46. The van der Waals surface area contributed by atoms with Crippen LogP contribution in [0.2, 0.25) is 10.0 Å². The Kier molecular flexibility index (Phi) is 4.10. The molecule has 2 aromatic carbocycles. The highest BCUT2D eigenvalue weighted by Crippen LogP contribution is 2.30. The molecule has 0 saturated heterocycles. The number of aryl methyl sites for hydroxylation is 1. The van der Waals surface area contributed by atoms with Crippen molar-refractivity contribution in [2.75, 3.05) is 5.32 Å². The molecular weight excluding hydrogens is 321 g/mol. The first-order valence-corrected chi connectivity index (χ1v) is 7.51. The summed E-state index contributed by atoms with van der Waals surface area (Å²) in [5.74, 6) is -0.174. The van der Waals surface area contributed by atoms with Crippen LogP contribution in [-0.4, -0.2) is 5.91 Å². The SMILES string of the molecule is Cc1ccc2c(CC(=O)Nc3cccc(Cl)c3Cl)coc2c1. The molecule has 0 fully saturated rings. The number of hydrogen-bond donors (Lipinski definition) is 1. The predicted octanol–water partition coefficient (Wildman–Crippen LogP) is 5.23. The van der Waals surface area contributed by atoms with Crippen molar-refractivity contribution < 1.29 is 9.21 Å². The molecule has 112 valence electrons. The van der Waals surface area contributed by atoms with Crippen LogP contribution in [0.1, 0.15) is 11.1 Å². The minimum absolute atomic E-state index is 0.174. The van der Waals surface area contributed by atoms with E-state index in [2.05, 4.69) is 5.32 Å². The average molecular weight is 334 g/mol. The van der Waals surface area contributed by atoms with Gasteiger partial charge in [-0.05, 0) is 30.7 Å². The Morgan fingerprint density at radius 3 is 2.86 bits per heavy atom. The number of halogens is 2. The fourth-order valence-electron chi connectivity index (χ4n) is 2.30. The summed E-state index contributed by atoms with van der Waals surface area (Å²) in [7, 11) is 0. The molecule has 22 heavy (non-hydrogen) atoms. The molecule has 5 heteroatoms. The van der Waals surface area contributed by atoms with E-state index in [0.717, 1.165) is 22.1 Å². The Morgan fingerprint density at radius 1 is 1.23 bits per heavy atom. The molecule has 1 heterocycles. The third-order valence-electron chi connectivity index (χ3n) is 3.39. The van der Waals surface area contributed by atoms with Gasteiger partial charge in [0.05, 0.1) is 28.4 Å². The van der Waals surface area contributed by atoms with Gasteiger partial charge in [0.2, 0.25) is 5.91 Å². The zero-order valence-corrected chi connectivity index (χ0v) is 13.3. The number of nitrogens with one attached hydrogen (secondary N) is 1. The van der Waals surface area contributed by atoms with E-state index >= 15 is 0 Å². The standard InChI is InChI=1S/C17H13Cl2NO2/c1-10-5-6-12-11(9-22-15(12)7-10)8-16(21)20-14-4-2-3-13(18)17(14)19/h2-7,9H,8H2,1H3,(H,20,21). The zero-order valence-electron chi connectivity index (χ0n) is 11.8. The smallest absolute Gasteiger partial charge is 0.228 e. The van der Waals surface area contributed by atoms with Crippen LogP contribution in [-0.2, 0) is 11.2 Å². The lowest BCUT2D eigenvalue weighted by atomic mass is 10.1. The molecule has 0 atom stereocenters. The van der Waals surface area contributed by atoms with Crippen molar-refractivity contribution in [1.82, 2.24) is 0 Å². The summed E-state index contributed by atoms with van der Waals surface area (Å²) < 4.78 is 5.50. The zero-order chi connectivity index (χ0) is 15.7. The van der Waals surface area contributed by atoms with Crippen molar-refractivity contribution in [1.29, 1.82) is 0 Å². The van der Waals surface area contributed by atoms with E-state index in [9.17, 15) is 4.79 Å². The molecule has 0 unspecified atom stereocenters. The van der Waals surface area contributed by atoms with Gasteiger partial charge in [0, 0.05) is 10.9 Å². The van der Waals surface area contributed by atoms with Crippen LogP contribution in [0.25, 0.3) is 11.0 Å². The Bertz CT molecular complexity index is 855. The molecule has 0 spiro atoms. The van der Waals surface area contributed by atoms with Gasteiger partial charge in [-0.1, -0.05) is 41.4 Å². The lowest BCUT2D eigenvalue weighted by molar-refractivity contribution is -0.115. The van der Waals surface area contributed by atoms with Gasteiger partial charge in [0.15, 0.2) is 0 Å². The number of furan rings is 1. The van der Waals surface area contributed by atoms with Crippen LogP contribution >= 0.6 is 23.2 Å². The van der Waals surface area contributed by atoms with Gasteiger partial charge in [-0.3, -0.25) is 4.79 Å². The maximum Gasteiger partial charge on any atom is 0.228 e. The van der Waals surface area contributed by atoms with Crippen molar-refractivity contribution in [3.8, 4) is 0 Å². The monoisotopic (exact) mass is 333 g/mol. The highest BCUT2D eigenvalue weighted by molar-refractivity contribution is 6.44. The molecule has 0 aliphatic carbocycles. The Balaban J connectivity index is 1.80. The van der Waals surface area contributed by atoms with Crippen LogP contribution in [0.15, 0.2) is 47.1 Å². The first kappa shape index (κ1) is 14.9. The molecule has 0 aliphatic rings. The number of benzene rings is 2. The largest absolute Gasteiger partial charge is 0.464 e. The van der Waals surface area contributed by atoms with Gasteiger partial charge < -0.3 is 9.73 Å². The molecule has 3 nitrogen and oxygen atoms in total. The van der Waals surface area contributed by atoms with Gasteiger partial charge in [-0.25, -0.2) is 0 Å². The highest BCUT2D eigenvalue weighted by Gasteiger charge is 2.12. The highest BCUT2D eigenvalue weighted by atomic mass is 35.5. The van der Waals surface area contributed by atoms with Crippen molar-refractivity contribution in [2.45, 2.75) is 13.3 Å². The third kappa shape index (κ3) is 2.96. The van der Waals surface area contributed by atoms with Gasteiger partial charge in [0.1, 0.15) is 5.58 Å². The lowest BCUT2D eigenvalue weighted by Gasteiger charge is -2.07. The minimum atomic E-state index is -0.174. The van der Waals surface area contributed by atoms with Crippen LogP contribution in [0.3, 0.4) is 0 Å². The fraction of sp³-hybridized carbons (Fsp3) is 0.118. The average Bonchev–Trinajstić information content (AvgIpc) is 2.86. The van der Waals surface area contributed by atoms with Gasteiger partial charge in [-0.15, -0.1) is 0 Å². The summed E-state index contributed by atoms with van der Waals surface area (Å²) in [6.07, 6.45) is 1.82.